The molecular formula is C15H24N4O3. The smallest absolute Gasteiger partial charge is 0.246 e. The summed E-state index contributed by atoms with van der Waals surface area (Å²) in [6.07, 6.45) is 2.06. The molecule has 2 aliphatic heterocycles. The maximum Gasteiger partial charge on any atom is 0.246 e. The van der Waals surface area contributed by atoms with Gasteiger partial charge in [0.25, 0.3) is 0 Å². The standard InChI is InChI=1S/C15H24N4O3/c1-11-3-5-18(6-4-11)10-14(20)19-7-8-21-13(9-19)15-17-16-12(2)22-15/h11,13H,3-10H2,1-2H3. The van der Waals surface area contributed by atoms with Gasteiger partial charge in [0.2, 0.25) is 17.7 Å². The highest BCUT2D eigenvalue weighted by Gasteiger charge is 2.30. The molecule has 22 heavy (non-hydrogen) atoms. The van der Waals surface area contributed by atoms with Crippen LogP contribution in [0.25, 0.3) is 0 Å². The predicted molar refractivity (Wildman–Crippen MR) is 79.1 cm³/mol. The van der Waals surface area contributed by atoms with E-state index < -0.39 is 0 Å². The number of morpholine rings is 1. The molecule has 2 saturated heterocycles. The van der Waals surface area contributed by atoms with Crippen molar-refractivity contribution in [3.05, 3.63) is 11.8 Å². The summed E-state index contributed by atoms with van der Waals surface area (Å²) in [5.41, 5.74) is 0. The Balaban J connectivity index is 1.54. The summed E-state index contributed by atoms with van der Waals surface area (Å²) < 4.78 is 11.1. The number of rotatable bonds is 3. The number of aryl methyl sites for hydroxylation is 1. The van der Waals surface area contributed by atoms with Gasteiger partial charge < -0.3 is 14.1 Å². The van der Waals surface area contributed by atoms with E-state index in [1.54, 1.807) is 6.92 Å². The fraction of sp³-hybridized carbons (Fsp3) is 0.800. The number of hydrogen-bond donors (Lipinski definition) is 0. The molecule has 0 aromatic carbocycles. The van der Waals surface area contributed by atoms with Crippen molar-refractivity contribution in [1.29, 1.82) is 0 Å². The minimum absolute atomic E-state index is 0.166. The number of nitrogens with zero attached hydrogens (tertiary/aromatic N) is 4. The Morgan fingerprint density at radius 3 is 2.73 bits per heavy atom. The first-order valence-corrected chi connectivity index (χ1v) is 8.03. The third kappa shape index (κ3) is 3.64. The second-order valence-corrected chi connectivity index (χ2v) is 6.32. The van der Waals surface area contributed by atoms with Gasteiger partial charge in [-0.25, -0.2) is 0 Å². The number of carbonyl (C=O) groups is 1. The number of carbonyl (C=O) groups excluding carboxylic acids is 1. The molecule has 0 bridgehead atoms. The molecule has 7 heteroatoms. The van der Waals surface area contributed by atoms with Crippen molar-refractivity contribution in [3.8, 4) is 0 Å². The van der Waals surface area contributed by atoms with E-state index in [0.29, 0.717) is 38.0 Å². The molecule has 3 heterocycles. The molecule has 0 radical (unpaired) electrons. The van der Waals surface area contributed by atoms with Crippen LogP contribution in [0, 0.1) is 12.8 Å². The largest absolute Gasteiger partial charge is 0.423 e. The monoisotopic (exact) mass is 308 g/mol. The van der Waals surface area contributed by atoms with Crippen molar-refractivity contribution < 1.29 is 13.9 Å². The van der Waals surface area contributed by atoms with Crippen LogP contribution >= 0.6 is 0 Å². The Labute approximate surface area is 130 Å². The van der Waals surface area contributed by atoms with E-state index in [0.717, 1.165) is 19.0 Å². The summed E-state index contributed by atoms with van der Waals surface area (Å²) in [6, 6.07) is 0. The number of ether oxygens (including phenoxy) is 1. The van der Waals surface area contributed by atoms with Crippen LogP contribution in [-0.2, 0) is 9.53 Å². The van der Waals surface area contributed by atoms with Gasteiger partial charge in [-0.05, 0) is 31.8 Å². The highest BCUT2D eigenvalue weighted by atomic mass is 16.5. The molecule has 0 aliphatic carbocycles. The maximum absolute atomic E-state index is 12.5. The van der Waals surface area contributed by atoms with Crippen molar-refractivity contribution in [1.82, 2.24) is 20.0 Å². The van der Waals surface area contributed by atoms with E-state index in [2.05, 4.69) is 22.0 Å². The lowest BCUT2D eigenvalue weighted by atomic mass is 9.99. The Morgan fingerprint density at radius 1 is 1.27 bits per heavy atom. The molecule has 3 rings (SSSR count). The Kier molecular flexibility index (Phi) is 4.73. The topological polar surface area (TPSA) is 71.7 Å². The minimum atomic E-state index is -0.305. The van der Waals surface area contributed by atoms with Crippen LogP contribution in [0.4, 0.5) is 0 Å². The molecule has 2 fully saturated rings. The van der Waals surface area contributed by atoms with Gasteiger partial charge in [-0.3, -0.25) is 9.69 Å². The first-order chi connectivity index (χ1) is 10.6. The van der Waals surface area contributed by atoms with Crippen molar-refractivity contribution in [2.45, 2.75) is 32.8 Å². The first kappa shape index (κ1) is 15.4. The summed E-state index contributed by atoms with van der Waals surface area (Å²) in [6.45, 7) is 8.19. The van der Waals surface area contributed by atoms with Gasteiger partial charge in [-0.15, -0.1) is 10.2 Å². The molecule has 1 aromatic heterocycles. The van der Waals surface area contributed by atoms with Crippen LogP contribution in [0.1, 0.15) is 37.7 Å². The third-order valence-corrected chi connectivity index (χ3v) is 4.47. The molecule has 122 valence electrons. The van der Waals surface area contributed by atoms with Crippen LogP contribution in [-0.4, -0.2) is 65.2 Å². The highest BCUT2D eigenvalue weighted by Crippen LogP contribution is 2.22. The normalized spacial score (nSPS) is 24.6. The third-order valence-electron chi connectivity index (χ3n) is 4.47. The molecule has 7 nitrogen and oxygen atoms in total. The van der Waals surface area contributed by atoms with Gasteiger partial charge in [-0.1, -0.05) is 6.92 Å². The van der Waals surface area contributed by atoms with Gasteiger partial charge >= 0.3 is 0 Å². The van der Waals surface area contributed by atoms with E-state index >= 15 is 0 Å². The Bertz CT molecular complexity index is 511. The molecule has 1 amide bonds. The summed E-state index contributed by atoms with van der Waals surface area (Å²) >= 11 is 0. The summed E-state index contributed by atoms with van der Waals surface area (Å²) in [7, 11) is 0. The van der Waals surface area contributed by atoms with E-state index in [-0.39, 0.29) is 12.0 Å². The quantitative estimate of drug-likeness (QED) is 0.830. The SMILES string of the molecule is Cc1nnc(C2CN(C(=O)CN3CCC(C)CC3)CCO2)o1. The van der Waals surface area contributed by atoms with E-state index in [4.69, 9.17) is 9.15 Å². The highest BCUT2D eigenvalue weighted by molar-refractivity contribution is 5.78. The van der Waals surface area contributed by atoms with Gasteiger partial charge in [0.1, 0.15) is 0 Å². The fourth-order valence-corrected chi connectivity index (χ4v) is 2.98. The number of piperidine rings is 1. The zero-order valence-electron chi connectivity index (χ0n) is 13.3. The van der Waals surface area contributed by atoms with Gasteiger partial charge in [0.05, 0.1) is 19.7 Å². The van der Waals surface area contributed by atoms with Crippen LogP contribution < -0.4 is 0 Å². The van der Waals surface area contributed by atoms with Gasteiger partial charge in [0.15, 0.2) is 6.10 Å². The molecule has 1 atom stereocenters. The summed E-state index contributed by atoms with van der Waals surface area (Å²) in [5, 5.41) is 7.82. The second-order valence-electron chi connectivity index (χ2n) is 6.32. The Hall–Kier alpha value is -1.47. The van der Waals surface area contributed by atoms with Crippen LogP contribution in [0.3, 0.4) is 0 Å². The average Bonchev–Trinajstić information content (AvgIpc) is 2.96. The van der Waals surface area contributed by atoms with Crippen LogP contribution in [0.2, 0.25) is 0 Å². The van der Waals surface area contributed by atoms with E-state index in [1.807, 2.05) is 4.90 Å². The fourth-order valence-electron chi connectivity index (χ4n) is 2.98. The predicted octanol–water partition coefficient (Wildman–Crippen LogP) is 1.01. The van der Waals surface area contributed by atoms with E-state index in [9.17, 15) is 4.79 Å². The molecule has 0 N–H and O–H groups in total. The minimum Gasteiger partial charge on any atom is -0.423 e. The molecule has 0 spiro atoms. The maximum atomic E-state index is 12.5. The zero-order valence-corrected chi connectivity index (χ0v) is 13.3. The number of likely N-dealkylation sites (tertiary alicyclic amines) is 1. The zero-order chi connectivity index (χ0) is 15.5. The van der Waals surface area contributed by atoms with Crippen molar-refractivity contribution in [2.24, 2.45) is 5.92 Å². The lowest BCUT2D eigenvalue weighted by Gasteiger charge is -2.35. The average molecular weight is 308 g/mol. The summed E-state index contributed by atoms with van der Waals surface area (Å²) in [4.78, 5) is 16.6. The molecule has 1 aromatic rings. The molecule has 2 aliphatic rings. The van der Waals surface area contributed by atoms with Crippen molar-refractivity contribution in [2.75, 3.05) is 39.3 Å². The van der Waals surface area contributed by atoms with Crippen LogP contribution in [0.15, 0.2) is 4.42 Å². The summed E-state index contributed by atoms with van der Waals surface area (Å²) in [5.74, 6) is 1.92. The van der Waals surface area contributed by atoms with Crippen molar-refractivity contribution >= 4 is 5.91 Å². The lowest BCUT2D eigenvalue weighted by molar-refractivity contribution is -0.141. The molecular weight excluding hydrogens is 284 g/mol. The van der Waals surface area contributed by atoms with Gasteiger partial charge in [0, 0.05) is 13.5 Å². The molecule has 1 unspecified atom stereocenters. The Morgan fingerprint density at radius 2 is 2.05 bits per heavy atom. The number of amides is 1. The first-order valence-electron chi connectivity index (χ1n) is 8.03. The van der Waals surface area contributed by atoms with Crippen molar-refractivity contribution in [3.63, 3.8) is 0 Å². The van der Waals surface area contributed by atoms with E-state index in [1.165, 1.54) is 12.8 Å². The number of hydrogen-bond acceptors (Lipinski definition) is 6. The van der Waals surface area contributed by atoms with Gasteiger partial charge in [-0.2, -0.15) is 0 Å². The van der Waals surface area contributed by atoms with Crippen LogP contribution in [0.5, 0.6) is 0 Å². The number of aromatic nitrogens is 2. The second kappa shape index (κ2) is 6.75. The molecule has 0 saturated carbocycles. The lowest BCUT2D eigenvalue weighted by Crippen LogP contribution is -2.48.